The predicted octanol–water partition coefficient (Wildman–Crippen LogP) is 4.83. The van der Waals surface area contributed by atoms with Crippen LogP contribution in [0.1, 0.15) is 22.8 Å². The van der Waals surface area contributed by atoms with Crippen molar-refractivity contribution in [2.45, 2.75) is 19.4 Å². The van der Waals surface area contributed by atoms with Gasteiger partial charge in [0.15, 0.2) is 0 Å². The monoisotopic (exact) mass is 342 g/mol. The molecule has 2 rings (SSSR count). The van der Waals surface area contributed by atoms with Crippen LogP contribution in [0.2, 0.25) is 5.02 Å². The topological polar surface area (TPSA) is 20.2 Å². The summed E-state index contributed by atoms with van der Waals surface area (Å²) in [6, 6.07) is 10.2. The minimum Gasteiger partial charge on any atom is -0.388 e. The van der Waals surface area contributed by atoms with E-state index in [9.17, 15) is 9.50 Å². The van der Waals surface area contributed by atoms with Crippen molar-refractivity contribution in [2.75, 3.05) is 0 Å². The van der Waals surface area contributed by atoms with E-state index in [0.29, 0.717) is 15.9 Å². The second-order valence-electron chi connectivity index (χ2n) is 4.39. The summed E-state index contributed by atoms with van der Waals surface area (Å²) >= 11 is 9.24. The van der Waals surface area contributed by atoms with Gasteiger partial charge in [-0.25, -0.2) is 4.39 Å². The first kappa shape index (κ1) is 14.5. The first-order valence-corrected chi connectivity index (χ1v) is 7.03. The van der Waals surface area contributed by atoms with Crippen LogP contribution in [0.4, 0.5) is 4.39 Å². The Hall–Kier alpha value is -0.900. The largest absolute Gasteiger partial charge is 0.388 e. The highest BCUT2D eigenvalue weighted by atomic mass is 79.9. The van der Waals surface area contributed by atoms with Crippen molar-refractivity contribution in [1.82, 2.24) is 0 Å². The molecule has 0 saturated carbocycles. The van der Waals surface area contributed by atoms with Crippen LogP contribution in [0.25, 0.3) is 0 Å². The highest BCUT2D eigenvalue weighted by molar-refractivity contribution is 9.10. The van der Waals surface area contributed by atoms with Crippen LogP contribution in [-0.4, -0.2) is 5.11 Å². The van der Waals surface area contributed by atoms with Gasteiger partial charge in [0.2, 0.25) is 0 Å². The van der Waals surface area contributed by atoms with Crippen LogP contribution in [0.3, 0.4) is 0 Å². The molecule has 0 amide bonds. The van der Waals surface area contributed by atoms with Gasteiger partial charge in [0.05, 0.1) is 10.6 Å². The Kier molecular flexibility index (Phi) is 4.61. The number of hydrogen-bond acceptors (Lipinski definition) is 1. The maximum absolute atomic E-state index is 13.4. The lowest BCUT2D eigenvalue weighted by Gasteiger charge is -2.15. The summed E-state index contributed by atoms with van der Waals surface area (Å²) in [7, 11) is 0. The first-order valence-electron chi connectivity index (χ1n) is 5.86. The van der Waals surface area contributed by atoms with Gasteiger partial charge in [0.1, 0.15) is 5.82 Å². The molecule has 19 heavy (non-hydrogen) atoms. The van der Waals surface area contributed by atoms with E-state index in [1.807, 2.05) is 13.0 Å². The minimum atomic E-state index is -0.711. The van der Waals surface area contributed by atoms with Crippen molar-refractivity contribution in [3.05, 3.63) is 68.4 Å². The highest BCUT2D eigenvalue weighted by Crippen LogP contribution is 2.29. The van der Waals surface area contributed by atoms with Crippen LogP contribution in [0, 0.1) is 12.7 Å². The Balaban J connectivity index is 2.28. The Labute approximate surface area is 125 Å². The van der Waals surface area contributed by atoms with E-state index in [1.165, 1.54) is 6.07 Å². The number of aliphatic hydroxyl groups excluding tert-OH is 1. The van der Waals surface area contributed by atoms with E-state index < -0.39 is 6.10 Å². The molecule has 1 N–H and O–H groups in total. The maximum Gasteiger partial charge on any atom is 0.137 e. The zero-order valence-corrected chi connectivity index (χ0v) is 12.7. The van der Waals surface area contributed by atoms with Gasteiger partial charge in [-0.3, -0.25) is 0 Å². The van der Waals surface area contributed by atoms with E-state index >= 15 is 0 Å². The van der Waals surface area contributed by atoms with Gasteiger partial charge in [-0.15, -0.1) is 0 Å². The molecule has 0 radical (unpaired) electrons. The molecular weight excluding hydrogens is 331 g/mol. The fourth-order valence-electron chi connectivity index (χ4n) is 2.01. The van der Waals surface area contributed by atoms with Crippen LogP contribution in [0.5, 0.6) is 0 Å². The molecule has 2 aromatic carbocycles. The first-order chi connectivity index (χ1) is 9.00. The van der Waals surface area contributed by atoms with Gasteiger partial charge < -0.3 is 5.11 Å². The van der Waals surface area contributed by atoms with Crippen molar-refractivity contribution in [2.24, 2.45) is 0 Å². The fourth-order valence-corrected chi connectivity index (χ4v) is 2.62. The summed E-state index contributed by atoms with van der Waals surface area (Å²) in [5, 5.41) is 10.9. The number of hydrogen-bond donors (Lipinski definition) is 1. The summed E-state index contributed by atoms with van der Waals surface area (Å²) in [5.41, 5.74) is 2.35. The molecule has 4 heteroatoms. The zero-order valence-electron chi connectivity index (χ0n) is 10.3. The molecule has 0 saturated heterocycles. The molecule has 0 aliphatic carbocycles. The van der Waals surface area contributed by atoms with Gasteiger partial charge in [0, 0.05) is 11.4 Å². The molecule has 0 aromatic heterocycles. The molecule has 0 spiro atoms. The van der Waals surface area contributed by atoms with Crippen molar-refractivity contribution in [1.29, 1.82) is 0 Å². The molecule has 1 unspecified atom stereocenters. The molecule has 0 heterocycles. The molecule has 100 valence electrons. The van der Waals surface area contributed by atoms with Crippen molar-refractivity contribution < 1.29 is 9.50 Å². The zero-order chi connectivity index (χ0) is 14.0. The Morgan fingerprint density at radius 1 is 1.26 bits per heavy atom. The number of rotatable bonds is 3. The number of aliphatic hydroxyl groups is 1. The molecule has 1 atom stereocenters. The SMILES string of the molecule is Cc1c(Cl)cccc1C(O)Cc1cccc(F)c1Br. The van der Waals surface area contributed by atoms with Gasteiger partial charge in [-0.1, -0.05) is 35.9 Å². The summed E-state index contributed by atoms with van der Waals surface area (Å²) in [6.45, 7) is 1.86. The lowest BCUT2D eigenvalue weighted by Crippen LogP contribution is -2.05. The van der Waals surface area contributed by atoms with E-state index in [2.05, 4.69) is 15.9 Å². The van der Waals surface area contributed by atoms with Crippen molar-refractivity contribution in [3.8, 4) is 0 Å². The minimum absolute atomic E-state index is 0.326. The third-order valence-corrected chi connectivity index (χ3v) is 4.41. The van der Waals surface area contributed by atoms with E-state index in [4.69, 9.17) is 11.6 Å². The molecule has 2 aromatic rings. The van der Waals surface area contributed by atoms with Crippen LogP contribution < -0.4 is 0 Å². The lowest BCUT2D eigenvalue weighted by atomic mass is 9.98. The average Bonchev–Trinajstić information content (AvgIpc) is 2.38. The number of benzene rings is 2. The van der Waals surface area contributed by atoms with Crippen LogP contribution >= 0.6 is 27.5 Å². The maximum atomic E-state index is 13.4. The Morgan fingerprint density at radius 3 is 2.68 bits per heavy atom. The Morgan fingerprint density at radius 2 is 1.95 bits per heavy atom. The third kappa shape index (κ3) is 3.16. The summed E-state index contributed by atoms with van der Waals surface area (Å²) < 4.78 is 13.8. The standard InChI is InChI=1S/C15H13BrClFO/c1-9-11(5-3-6-12(9)17)14(19)8-10-4-2-7-13(18)15(10)16/h2-7,14,19H,8H2,1H3. The lowest BCUT2D eigenvalue weighted by molar-refractivity contribution is 0.177. The highest BCUT2D eigenvalue weighted by Gasteiger charge is 2.15. The van der Waals surface area contributed by atoms with Crippen molar-refractivity contribution in [3.63, 3.8) is 0 Å². The van der Waals surface area contributed by atoms with E-state index in [-0.39, 0.29) is 5.82 Å². The average molecular weight is 344 g/mol. The third-order valence-electron chi connectivity index (χ3n) is 3.11. The number of halogens is 3. The summed E-state index contributed by atoms with van der Waals surface area (Å²) in [6.07, 6.45) is -0.378. The summed E-state index contributed by atoms with van der Waals surface area (Å²) in [4.78, 5) is 0. The van der Waals surface area contributed by atoms with Gasteiger partial charge >= 0.3 is 0 Å². The molecular formula is C15H13BrClFO. The molecule has 1 nitrogen and oxygen atoms in total. The van der Waals surface area contributed by atoms with Gasteiger partial charge in [-0.05, 0) is 51.7 Å². The van der Waals surface area contributed by atoms with E-state index in [0.717, 1.165) is 16.7 Å². The smallest absolute Gasteiger partial charge is 0.137 e. The van der Waals surface area contributed by atoms with Crippen LogP contribution in [0.15, 0.2) is 40.9 Å². The Bertz CT molecular complexity index is 601. The normalized spacial score (nSPS) is 12.5. The molecule has 0 bridgehead atoms. The van der Waals surface area contributed by atoms with E-state index in [1.54, 1.807) is 24.3 Å². The summed E-state index contributed by atoms with van der Waals surface area (Å²) in [5.74, 6) is -0.326. The van der Waals surface area contributed by atoms with Crippen molar-refractivity contribution >= 4 is 27.5 Å². The van der Waals surface area contributed by atoms with Crippen LogP contribution in [-0.2, 0) is 6.42 Å². The van der Waals surface area contributed by atoms with Gasteiger partial charge in [0.25, 0.3) is 0 Å². The predicted molar refractivity (Wildman–Crippen MR) is 79.0 cm³/mol. The molecule has 0 aliphatic heterocycles. The fraction of sp³-hybridized carbons (Fsp3) is 0.200. The molecule has 0 fully saturated rings. The quantitative estimate of drug-likeness (QED) is 0.846. The second-order valence-corrected chi connectivity index (χ2v) is 5.59. The second kappa shape index (κ2) is 6.04. The molecule has 0 aliphatic rings. The van der Waals surface area contributed by atoms with Gasteiger partial charge in [-0.2, -0.15) is 0 Å².